The molecule has 0 aliphatic carbocycles. The number of benzene rings is 2. The van der Waals surface area contributed by atoms with Gasteiger partial charge in [0.15, 0.2) is 0 Å². The summed E-state index contributed by atoms with van der Waals surface area (Å²) in [5.41, 5.74) is 3.67. The number of nitrogens with one attached hydrogen (secondary N) is 1. The van der Waals surface area contributed by atoms with Gasteiger partial charge in [0.1, 0.15) is 11.3 Å². The predicted molar refractivity (Wildman–Crippen MR) is 100 cm³/mol. The van der Waals surface area contributed by atoms with Crippen LogP contribution >= 0.6 is 0 Å². The molecule has 1 heterocycles. The van der Waals surface area contributed by atoms with E-state index in [2.05, 4.69) is 30.2 Å². The summed E-state index contributed by atoms with van der Waals surface area (Å²) in [6, 6.07) is 17.8. The van der Waals surface area contributed by atoms with E-state index in [1.165, 1.54) is 5.57 Å². The lowest BCUT2D eigenvalue weighted by Gasteiger charge is -2.23. The van der Waals surface area contributed by atoms with Crippen LogP contribution in [0.2, 0.25) is 0 Å². The fraction of sp³-hybridized carbons (Fsp3) is 0.190. The van der Waals surface area contributed by atoms with Crippen molar-refractivity contribution < 1.29 is 5.11 Å². The Hall–Kier alpha value is -2.81. The third-order valence-corrected chi connectivity index (χ3v) is 4.16. The van der Waals surface area contributed by atoms with Crippen LogP contribution in [0.15, 0.2) is 72.4 Å². The van der Waals surface area contributed by atoms with E-state index in [9.17, 15) is 5.11 Å². The van der Waals surface area contributed by atoms with Gasteiger partial charge in [0.25, 0.3) is 0 Å². The van der Waals surface area contributed by atoms with Crippen LogP contribution < -0.4 is 5.32 Å². The highest BCUT2D eigenvalue weighted by molar-refractivity contribution is 5.85. The number of nitrogens with zero attached hydrogens (tertiary/aromatic N) is 1. The number of phenolic OH excluding ortho intramolecular Hbond substituents is 1. The highest BCUT2D eigenvalue weighted by Crippen LogP contribution is 2.36. The van der Waals surface area contributed by atoms with Gasteiger partial charge in [0, 0.05) is 22.8 Å². The molecule has 3 heteroatoms. The Morgan fingerprint density at radius 1 is 1.12 bits per heavy atom. The van der Waals surface area contributed by atoms with E-state index in [4.69, 9.17) is 0 Å². The molecule has 1 atom stereocenters. The standard InChI is InChI=1S/C21H22N2O/c1-3-8-15(2)19(23-17-10-5-4-6-11-17)18-13-12-16-9-7-14-22-20(16)21(18)24/h4-14,19,23-24H,3H2,1-2H3/b15-8+. The van der Waals surface area contributed by atoms with E-state index in [0.29, 0.717) is 5.52 Å². The molecule has 1 unspecified atom stereocenters. The minimum absolute atomic E-state index is 0.0984. The van der Waals surface area contributed by atoms with Crippen molar-refractivity contribution in [1.82, 2.24) is 4.98 Å². The number of para-hydroxylation sites is 1. The Balaban J connectivity index is 2.08. The van der Waals surface area contributed by atoms with Crippen molar-refractivity contribution in [3.8, 4) is 5.75 Å². The van der Waals surface area contributed by atoms with Crippen molar-refractivity contribution in [2.24, 2.45) is 0 Å². The third-order valence-electron chi connectivity index (χ3n) is 4.16. The van der Waals surface area contributed by atoms with E-state index >= 15 is 0 Å². The van der Waals surface area contributed by atoms with Crippen molar-refractivity contribution in [2.75, 3.05) is 5.32 Å². The van der Waals surface area contributed by atoms with Crippen molar-refractivity contribution in [3.63, 3.8) is 0 Å². The second-order valence-corrected chi connectivity index (χ2v) is 5.88. The zero-order chi connectivity index (χ0) is 16.9. The topological polar surface area (TPSA) is 45.2 Å². The van der Waals surface area contributed by atoms with Gasteiger partial charge in [-0.1, -0.05) is 55.0 Å². The SMILES string of the molecule is CC/C=C(\C)C(Nc1ccccc1)c1ccc2cccnc2c1O. The molecule has 3 rings (SSSR count). The number of hydrogen-bond acceptors (Lipinski definition) is 3. The fourth-order valence-electron chi connectivity index (χ4n) is 2.96. The highest BCUT2D eigenvalue weighted by atomic mass is 16.3. The van der Waals surface area contributed by atoms with Gasteiger partial charge >= 0.3 is 0 Å². The van der Waals surface area contributed by atoms with Gasteiger partial charge in [-0.25, -0.2) is 0 Å². The molecule has 0 saturated heterocycles. The molecule has 3 nitrogen and oxygen atoms in total. The van der Waals surface area contributed by atoms with Crippen molar-refractivity contribution in [2.45, 2.75) is 26.3 Å². The van der Waals surface area contributed by atoms with E-state index in [0.717, 1.165) is 23.1 Å². The fourth-order valence-corrected chi connectivity index (χ4v) is 2.96. The van der Waals surface area contributed by atoms with E-state index < -0.39 is 0 Å². The van der Waals surface area contributed by atoms with E-state index in [1.54, 1.807) is 6.20 Å². The minimum Gasteiger partial charge on any atom is -0.505 e. The average molecular weight is 318 g/mol. The zero-order valence-corrected chi connectivity index (χ0v) is 14.0. The lowest BCUT2D eigenvalue weighted by molar-refractivity contribution is 0.471. The summed E-state index contributed by atoms with van der Waals surface area (Å²) in [4.78, 5) is 4.34. The summed E-state index contributed by atoms with van der Waals surface area (Å²) in [6.45, 7) is 4.21. The summed E-state index contributed by atoms with van der Waals surface area (Å²) in [5.74, 6) is 0.241. The molecule has 0 aliphatic heterocycles. The minimum atomic E-state index is -0.0984. The number of phenols is 1. The van der Waals surface area contributed by atoms with Crippen LogP contribution in [0.1, 0.15) is 31.9 Å². The lowest BCUT2D eigenvalue weighted by atomic mass is 9.96. The van der Waals surface area contributed by atoms with E-state index in [-0.39, 0.29) is 11.8 Å². The molecule has 0 saturated carbocycles. The molecule has 122 valence electrons. The molecule has 3 aromatic rings. The van der Waals surface area contributed by atoms with Crippen LogP contribution in [0, 0.1) is 0 Å². The first-order valence-electron chi connectivity index (χ1n) is 8.25. The first-order valence-corrected chi connectivity index (χ1v) is 8.25. The maximum Gasteiger partial charge on any atom is 0.147 e. The van der Waals surface area contributed by atoms with Crippen molar-refractivity contribution >= 4 is 16.6 Å². The normalized spacial score (nSPS) is 13.0. The molecule has 1 aromatic heterocycles. The van der Waals surface area contributed by atoms with Crippen LogP contribution in [0.4, 0.5) is 5.69 Å². The Kier molecular flexibility index (Phi) is 4.80. The summed E-state index contributed by atoms with van der Waals surface area (Å²) in [7, 11) is 0. The lowest BCUT2D eigenvalue weighted by Crippen LogP contribution is -2.12. The number of rotatable bonds is 5. The monoisotopic (exact) mass is 318 g/mol. The van der Waals surface area contributed by atoms with Crippen LogP contribution in [-0.2, 0) is 0 Å². The number of allylic oxidation sites excluding steroid dienone is 1. The molecule has 2 aromatic carbocycles. The van der Waals surface area contributed by atoms with Crippen LogP contribution in [0.5, 0.6) is 5.75 Å². The summed E-state index contributed by atoms with van der Waals surface area (Å²) in [5, 5.41) is 15.3. The Morgan fingerprint density at radius 2 is 1.92 bits per heavy atom. The first-order chi connectivity index (χ1) is 11.7. The molecule has 0 amide bonds. The van der Waals surface area contributed by atoms with Gasteiger partial charge in [-0.2, -0.15) is 0 Å². The second-order valence-electron chi connectivity index (χ2n) is 5.88. The second kappa shape index (κ2) is 7.18. The van der Waals surface area contributed by atoms with Crippen LogP contribution in [0.25, 0.3) is 10.9 Å². The van der Waals surface area contributed by atoms with Crippen molar-refractivity contribution in [3.05, 3.63) is 78.0 Å². The summed E-state index contributed by atoms with van der Waals surface area (Å²) in [6.07, 6.45) is 4.84. The van der Waals surface area contributed by atoms with Gasteiger partial charge in [-0.05, 0) is 31.5 Å². The smallest absolute Gasteiger partial charge is 0.147 e. The maximum atomic E-state index is 10.8. The molecule has 24 heavy (non-hydrogen) atoms. The average Bonchev–Trinajstić information content (AvgIpc) is 2.62. The number of aromatic nitrogens is 1. The third kappa shape index (κ3) is 3.25. The number of pyridine rings is 1. The molecular formula is C21H22N2O. The summed E-state index contributed by atoms with van der Waals surface area (Å²) < 4.78 is 0. The molecular weight excluding hydrogens is 296 g/mol. The predicted octanol–water partition coefficient (Wildman–Crippen LogP) is 5.45. The molecule has 0 bridgehead atoms. The molecule has 2 N–H and O–H groups in total. The molecule has 0 radical (unpaired) electrons. The van der Waals surface area contributed by atoms with Gasteiger partial charge in [0.05, 0.1) is 6.04 Å². The number of fused-ring (bicyclic) bond motifs is 1. The molecule has 0 spiro atoms. The van der Waals surface area contributed by atoms with Gasteiger partial charge in [-0.3, -0.25) is 4.98 Å². The van der Waals surface area contributed by atoms with Crippen molar-refractivity contribution in [1.29, 1.82) is 0 Å². The maximum absolute atomic E-state index is 10.8. The largest absolute Gasteiger partial charge is 0.505 e. The number of hydrogen-bond donors (Lipinski definition) is 2. The summed E-state index contributed by atoms with van der Waals surface area (Å²) >= 11 is 0. The Bertz CT molecular complexity index is 856. The molecule has 0 aliphatic rings. The van der Waals surface area contributed by atoms with Crippen LogP contribution in [0.3, 0.4) is 0 Å². The van der Waals surface area contributed by atoms with Gasteiger partial charge in [0.2, 0.25) is 0 Å². The van der Waals surface area contributed by atoms with Gasteiger partial charge < -0.3 is 10.4 Å². The number of anilines is 1. The van der Waals surface area contributed by atoms with Gasteiger partial charge in [-0.15, -0.1) is 0 Å². The number of aromatic hydroxyl groups is 1. The highest BCUT2D eigenvalue weighted by Gasteiger charge is 2.19. The Labute approximate surface area is 142 Å². The molecule has 0 fully saturated rings. The van der Waals surface area contributed by atoms with Crippen LogP contribution in [-0.4, -0.2) is 10.1 Å². The Morgan fingerprint density at radius 3 is 2.67 bits per heavy atom. The first kappa shape index (κ1) is 16.1. The quantitative estimate of drug-likeness (QED) is 0.615. The van der Waals surface area contributed by atoms with E-state index in [1.807, 2.05) is 54.6 Å². The zero-order valence-electron chi connectivity index (χ0n) is 14.0.